The summed E-state index contributed by atoms with van der Waals surface area (Å²) in [5.41, 5.74) is 0.860. The van der Waals surface area contributed by atoms with Gasteiger partial charge in [-0.2, -0.15) is 0 Å². The SMILES string of the molecule is C[C@H](NC(=O)[C@H]1[C@@H](C(=O)O)[C@H]2C=C[C@H]1O2)c1ccc2c(c1)OCO2. The van der Waals surface area contributed by atoms with Gasteiger partial charge in [0.1, 0.15) is 5.92 Å². The summed E-state index contributed by atoms with van der Waals surface area (Å²) in [6, 6.07) is 5.18. The highest BCUT2D eigenvalue weighted by molar-refractivity contribution is 5.87. The van der Waals surface area contributed by atoms with E-state index < -0.39 is 30.0 Å². The zero-order valence-electron chi connectivity index (χ0n) is 13.0. The van der Waals surface area contributed by atoms with Gasteiger partial charge in [-0.25, -0.2) is 0 Å². The summed E-state index contributed by atoms with van der Waals surface area (Å²) in [7, 11) is 0. The first kappa shape index (κ1) is 15.0. The van der Waals surface area contributed by atoms with Gasteiger partial charge >= 0.3 is 5.97 Å². The van der Waals surface area contributed by atoms with Crippen molar-refractivity contribution in [1.29, 1.82) is 0 Å². The van der Waals surface area contributed by atoms with Crippen molar-refractivity contribution in [2.75, 3.05) is 6.79 Å². The van der Waals surface area contributed by atoms with Gasteiger partial charge in [-0.05, 0) is 24.6 Å². The first-order valence-electron chi connectivity index (χ1n) is 7.81. The lowest BCUT2D eigenvalue weighted by molar-refractivity contribution is -0.146. The predicted molar refractivity (Wildman–Crippen MR) is 81.5 cm³/mol. The van der Waals surface area contributed by atoms with E-state index in [2.05, 4.69) is 5.32 Å². The van der Waals surface area contributed by atoms with Crippen LogP contribution in [0.5, 0.6) is 11.5 Å². The maximum absolute atomic E-state index is 12.6. The third kappa shape index (κ3) is 2.32. The molecule has 1 fully saturated rings. The predicted octanol–water partition coefficient (Wildman–Crippen LogP) is 1.25. The number of hydrogen-bond donors (Lipinski definition) is 2. The molecular formula is C17H17NO6. The van der Waals surface area contributed by atoms with Gasteiger partial charge in [0.25, 0.3) is 0 Å². The molecule has 1 amide bonds. The van der Waals surface area contributed by atoms with Gasteiger partial charge in [0.05, 0.1) is 24.2 Å². The number of carbonyl (C=O) groups is 2. The molecule has 2 N–H and O–H groups in total. The van der Waals surface area contributed by atoms with Gasteiger partial charge < -0.3 is 24.6 Å². The maximum Gasteiger partial charge on any atom is 0.310 e. The topological polar surface area (TPSA) is 94.1 Å². The van der Waals surface area contributed by atoms with Crippen molar-refractivity contribution in [3.63, 3.8) is 0 Å². The first-order valence-corrected chi connectivity index (χ1v) is 7.81. The number of hydrogen-bond acceptors (Lipinski definition) is 5. The summed E-state index contributed by atoms with van der Waals surface area (Å²) in [6.07, 6.45) is 2.48. The molecule has 1 aromatic rings. The Morgan fingerprint density at radius 1 is 1.17 bits per heavy atom. The number of amides is 1. The third-order valence-electron chi connectivity index (χ3n) is 4.74. The van der Waals surface area contributed by atoms with Crippen molar-refractivity contribution in [3.8, 4) is 11.5 Å². The van der Waals surface area contributed by atoms with E-state index in [9.17, 15) is 14.7 Å². The number of fused-ring (bicyclic) bond motifs is 3. The fraction of sp³-hybridized carbons (Fsp3) is 0.412. The summed E-state index contributed by atoms with van der Waals surface area (Å²) >= 11 is 0. The summed E-state index contributed by atoms with van der Waals surface area (Å²) in [5.74, 6) is -1.57. The van der Waals surface area contributed by atoms with Crippen molar-refractivity contribution >= 4 is 11.9 Å². The summed E-state index contributed by atoms with van der Waals surface area (Å²) in [5, 5.41) is 12.3. The molecule has 0 aliphatic carbocycles. The van der Waals surface area contributed by atoms with Crippen molar-refractivity contribution in [1.82, 2.24) is 5.32 Å². The van der Waals surface area contributed by atoms with E-state index in [0.717, 1.165) is 5.56 Å². The lowest BCUT2D eigenvalue weighted by Gasteiger charge is -2.23. The molecular weight excluding hydrogens is 314 g/mol. The highest BCUT2D eigenvalue weighted by atomic mass is 16.7. The van der Waals surface area contributed by atoms with E-state index in [1.165, 1.54) is 0 Å². The molecule has 126 valence electrons. The summed E-state index contributed by atoms with van der Waals surface area (Å²) < 4.78 is 16.1. The van der Waals surface area contributed by atoms with E-state index in [1.807, 2.05) is 19.1 Å². The largest absolute Gasteiger partial charge is 0.481 e. The summed E-state index contributed by atoms with van der Waals surface area (Å²) in [6.45, 7) is 2.03. The second-order valence-corrected chi connectivity index (χ2v) is 6.18. The molecule has 7 nitrogen and oxygen atoms in total. The van der Waals surface area contributed by atoms with Crippen LogP contribution in [0.15, 0.2) is 30.4 Å². The van der Waals surface area contributed by atoms with Crippen LogP contribution in [-0.2, 0) is 14.3 Å². The van der Waals surface area contributed by atoms with Crippen LogP contribution in [0.1, 0.15) is 18.5 Å². The highest BCUT2D eigenvalue weighted by Gasteiger charge is 2.53. The first-order chi connectivity index (χ1) is 11.5. The van der Waals surface area contributed by atoms with Crippen molar-refractivity contribution in [2.24, 2.45) is 11.8 Å². The smallest absolute Gasteiger partial charge is 0.310 e. The Labute approximate surface area is 138 Å². The number of carbonyl (C=O) groups excluding carboxylic acids is 1. The van der Waals surface area contributed by atoms with Crippen LogP contribution in [-0.4, -0.2) is 36.0 Å². The fourth-order valence-electron chi connectivity index (χ4n) is 3.49. The Kier molecular flexibility index (Phi) is 3.45. The Balaban J connectivity index is 1.49. The Morgan fingerprint density at radius 3 is 2.62 bits per heavy atom. The van der Waals surface area contributed by atoms with Crippen LogP contribution in [0.4, 0.5) is 0 Å². The molecule has 24 heavy (non-hydrogen) atoms. The number of carboxylic acid groups (broad SMARTS) is 1. The standard InChI is InChI=1S/C17H17NO6/c1-8(9-2-3-10-13(6-9)23-7-22-10)18-16(19)14-11-4-5-12(24-11)15(14)17(20)21/h2-6,8,11-12,14-15H,7H2,1H3,(H,18,19)(H,20,21)/t8-,11+,12+,14+,15-/m0/s1. The number of carboxylic acids is 1. The average molecular weight is 331 g/mol. The van der Waals surface area contributed by atoms with E-state index in [4.69, 9.17) is 14.2 Å². The second kappa shape index (κ2) is 5.52. The van der Waals surface area contributed by atoms with E-state index in [-0.39, 0.29) is 18.7 Å². The molecule has 5 atom stereocenters. The minimum atomic E-state index is -1.01. The monoisotopic (exact) mass is 331 g/mol. The van der Waals surface area contributed by atoms with Gasteiger partial charge in [0.2, 0.25) is 12.7 Å². The number of benzene rings is 1. The molecule has 1 aromatic carbocycles. The number of rotatable bonds is 4. The van der Waals surface area contributed by atoms with E-state index in [0.29, 0.717) is 11.5 Å². The van der Waals surface area contributed by atoms with Crippen molar-refractivity contribution in [2.45, 2.75) is 25.2 Å². The Hall–Kier alpha value is -2.54. The quantitative estimate of drug-likeness (QED) is 0.807. The average Bonchev–Trinajstić information content (AvgIpc) is 3.28. The van der Waals surface area contributed by atoms with Gasteiger partial charge in [0, 0.05) is 0 Å². The molecule has 3 heterocycles. The minimum Gasteiger partial charge on any atom is -0.481 e. The fourth-order valence-corrected chi connectivity index (χ4v) is 3.49. The lowest BCUT2D eigenvalue weighted by atomic mass is 9.82. The van der Waals surface area contributed by atoms with Crippen LogP contribution >= 0.6 is 0 Å². The normalized spacial score (nSPS) is 30.4. The molecule has 0 radical (unpaired) electrons. The van der Waals surface area contributed by atoms with Crippen molar-refractivity contribution < 1.29 is 28.9 Å². The van der Waals surface area contributed by atoms with Crippen LogP contribution < -0.4 is 14.8 Å². The molecule has 0 saturated carbocycles. The van der Waals surface area contributed by atoms with Crippen LogP contribution in [0.2, 0.25) is 0 Å². The molecule has 3 aliphatic heterocycles. The number of ether oxygens (including phenoxy) is 3. The van der Waals surface area contributed by atoms with Crippen molar-refractivity contribution in [3.05, 3.63) is 35.9 Å². The maximum atomic E-state index is 12.6. The summed E-state index contributed by atoms with van der Waals surface area (Å²) in [4.78, 5) is 24.1. The van der Waals surface area contributed by atoms with Gasteiger partial charge in [-0.1, -0.05) is 18.2 Å². The number of aliphatic carboxylic acids is 1. The zero-order valence-corrected chi connectivity index (χ0v) is 13.0. The minimum absolute atomic E-state index is 0.189. The zero-order chi connectivity index (χ0) is 16.8. The molecule has 3 aliphatic rings. The van der Waals surface area contributed by atoms with E-state index in [1.54, 1.807) is 18.2 Å². The molecule has 7 heteroatoms. The van der Waals surface area contributed by atoms with E-state index >= 15 is 0 Å². The van der Waals surface area contributed by atoms with Gasteiger partial charge in [0.15, 0.2) is 11.5 Å². The van der Waals surface area contributed by atoms with Crippen LogP contribution in [0.25, 0.3) is 0 Å². The molecule has 0 spiro atoms. The molecule has 1 saturated heterocycles. The molecule has 2 bridgehead atoms. The highest BCUT2D eigenvalue weighted by Crippen LogP contribution is 2.40. The Morgan fingerprint density at radius 2 is 1.88 bits per heavy atom. The molecule has 0 aromatic heterocycles. The third-order valence-corrected chi connectivity index (χ3v) is 4.74. The molecule has 4 rings (SSSR count). The van der Waals surface area contributed by atoms with Crippen LogP contribution in [0.3, 0.4) is 0 Å². The van der Waals surface area contributed by atoms with Gasteiger partial charge in [-0.3, -0.25) is 9.59 Å². The number of nitrogens with one attached hydrogen (secondary N) is 1. The Bertz CT molecular complexity index is 730. The lowest BCUT2D eigenvalue weighted by Crippen LogP contribution is -2.43. The molecule has 0 unspecified atom stereocenters. The van der Waals surface area contributed by atoms with Crippen LogP contribution in [0, 0.1) is 11.8 Å². The second-order valence-electron chi connectivity index (χ2n) is 6.18. The van der Waals surface area contributed by atoms with Gasteiger partial charge in [-0.15, -0.1) is 0 Å².